The highest BCUT2D eigenvalue weighted by atomic mass is 16.5. The third kappa shape index (κ3) is 6.71. The molecule has 98 valence electrons. The number of rotatable bonds is 4. The van der Waals surface area contributed by atoms with E-state index in [1.54, 1.807) is 0 Å². The molecule has 1 heterocycles. The average molecular weight is 237 g/mol. The van der Waals surface area contributed by atoms with Crippen LogP contribution in [-0.2, 0) is 4.74 Å². The van der Waals surface area contributed by atoms with Gasteiger partial charge in [0.2, 0.25) is 0 Å². The van der Waals surface area contributed by atoms with Crippen LogP contribution in [0.1, 0.15) is 52.9 Å². The fourth-order valence-electron chi connectivity index (χ4n) is 2.05. The Labute approximate surface area is 107 Å². The van der Waals surface area contributed by atoms with Gasteiger partial charge in [-0.25, -0.2) is 0 Å². The van der Waals surface area contributed by atoms with Gasteiger partial charge in [0.1, 0.15) is 0 Å². The van der Waals surface area contributed by atoms with Crippen molar-refractivity contribution >= 4 is 0 Å². The van der Waals surface area contributed by atoms with E-state index in [1.165, 1.54) is 19.3 Å². The zero-order valence-corrected chi connectivity index (χ0v) is 11.8. The molecule has 17 heavy (non-hydrogen) atoms. The van der Waals surface area contributed by atoms with E-state index in [4.69, 9.17) is 4.74 Å². The summed E-state index contributed by atoms with van der Waals surface area (Å²) in [5.74, 6) is 6.59. The molecular weight excluding hydrogens is 210 g/mol. The summed E-state index contributed by atoms with van der Waals surface area (Å²) in [6.07, 6.45) is 6.21. The molecule has 1 saturated heterocycles. The normalized spacial score (nSPS) is 22.7. The first kappa shape index (κ1) is 14.5. The Kier molecular flexibility index (Phi) is 6.02. The van der Waals surface area contributed by atoms with Crippen molar-refractivity contribution < 1.29 is 4.74 Å². The molecule has 1 N–H and O–H groups in total. The second-order valence-electron chi connectivity index (χ2n) is 5.97. The van der Waals surface area contributed by atoms with Gasteiger partial charge in [-0.15, -0.1) is 5.92 Å². The van der Waals surface area contributed by atoms with Crippen LogP contribution >= 0.6 is 0 Å². The van der Waals surface area contributed by atoms with Crippen molar-refractivity contribution in [2.24, 2.45) is 5.41 Å². The predicted octanol–water partition coefficient (Wildman–Crippen LogP) is 2.97. The van der Waals surface area contributed by atoms with Gasteiger partial charge in [0.05, 0.1) is 6.10 Å². The van der Waals surface area contributed by atoms with Crippen molar-refractivity contribution in [2.75, 3.05) is 13.7 Å². The fraction of sp³-hybridized carbons (Fsp3) is 0.867. The standard InChI is InChI=1S/C15H27NO/c1-15(2,3)10-7-8-13(16-4)12-14-9-5-6-11-17-14/h13-14,16H,5-6,8-9,11-12H2,1-4H3. The summed E-state index contributed by atoms with van der Waals surface area (Å²) >= 11 is 0. The van der Waals surface area contributed by atoms with Crippen molar-refractivity contribution in [1.82, 2.24) is 5.32 Å². The van der Waals surface area contributed by atoms with Gasteiger partial charge < -0.3 is 10.1 Å². The first-order chi connectivity index (χ1) is 8.01. The molecule has 1 rings (SSSR count). The van der Waals surface area contributed by atoms with E-state index in [2.05, 4.69) is 37.9 Å². The maximum absolute atomic E-state index is 5.77. The monoisotopic (exact) mass is 237 g/mol. The highest BCUT2D eigenvalue weighted by Crippen LogP contribution is 2.18. The van der Waals surface area contributed by atoms with E-state index in [0.717, 1.165) is 19.4 Å². The van der Waals surface area contributed by atoms with Crippen LogP contribution in [0.25, 0.3) is 0 Å². The summed E-state index contributed by atoms with van der Waals surface area (Å²) in [6.45, 7) is 7.39. The Bertz CT molecular complexity index is 263. The van der Waals surface area contributed by atoms with Crippen LogP contribution in [0.4, 0.5) is 0 Å². The lowest BCUT2D eigenvalue weighted by Gasteiger charge is -2.26. The van der Waals surface area contributed by atoms with E-state index in [1.807, 2.05) is 7.05 Å². The summed E-state index contributed by atoms with van der Waals surface area (Å²) in [4.78, 5) is 0. The van der Waals surface area contributed by atoms with Crippen LogP contribution < -0.4 is 5.32 Å². The van der Waals surface area contributed by atoms with Crippen molar-refractivity contribution in [2.45, 2.75) is 65.0 Å². The van der Waals surface area contributed by atoms with Crippen LogP contribution in [0.5, 0.6) is 0 Å². The Balaban J connectivity index is 2.34. The minimum Gasteiger partial charge on any atom is -0.378 e. The Morgan fingerprint density at radius 2 is 2.12 bits per heavy atom. The van der Waals surface area contributed by atoms with Crippen LogP contribution in [0.15, 0.2) is 0 Å². The Morgan fingerprint density at radius 3 is 2.65 bits per heavy atom. The van der Waals surface area contributed by atoms with E-state index in [0.29, 0.717) is 12.1 Å². The molecule has 0 spiro atoms. The molecule has 2 heteroatoms. The van der Waals surface area contributed by atoms with Crippen LogP contribution in [0, 0.1) is 17.3 Å². The van der Waals surface area contributed by atoms with Crippen molar-refractivity contribution in [3.8, 4) is 11.8 Å². The Hall–Kier alpha value is -0.520. The van der Waals surface area contributed by atoms with Gasteiger partial charge in [0, 0.05) is 24.5 Å². The molecule has 2 unspecified atom stereocenters. The molecule has 0 bridgehead atoms. The van der Waals surface area contributed by atoms with Crippen molar-refractivity contribution in [3.05, 3.63) is 0 Å². The zero-order valence-electron chi connectivity index (χ0n) is 11.8. The second-order valence-corrected chi connectivity index (χ2v) is 5.97. The van der Waals surface area contributed by atoms with Crippen LogP contribution in [0.3, 0.4) is 0 Å². The topological polar surface area (TPSA) is 21.3 Å². The van der Waals surface area contributed by atoms with E-state index < -0.39 is 0 Å². The number of hydrogen-bond donors (Lipinski definition) is 1. The summed E-state index contributed by atoms with van der Waals surface area (Å²) in [6, 6.07) is 0.466. The molecule has 2 atom stereocenters. The fourth-order valence-corrected chi connectivity index (χ4v) is 2.05. The van der Waals surface area contributed by atoms with Gasteiger partial charge in [0.25, 0.3) is 0 Å². The molecule has 0 aromatic rings. The average Bonchev–Trinajstić information content (AvgIpc) is 2.27. The smallest absolute Gasteiger partial charge is 0.0590 e. The van der Waals surface area contributed by atoms with E-state index >= 15 is 0 Å². The van der Waals surface area contributed by atoms with Gasteiger partial charge in [0.15, 0.2) is 0 Å². The van der Waals surface area contributed by atoms with Gasteiger partial charge in [-0.2, -0.15) is 0 Å². The third-order valence-corrected chi connectivity index (χ3v) is 3.04. The molecule has 0 saturated carbocycles. The summed E-state index contributed by atoms with van der Waals surface area (Å²) in [5.41, 5.74) is 0.111. The molecule has 0 radical (unpaired) electrons. The molecule has 1 aliphatic rings. The lowest BCUT2D eigenvalue weighted by atomic mass is 9.96. The minimum absolute atomic E-state index is 0.111. The van der Waals surface area contributed by atoms with Crippen molar-refractivity contribution in [3.63, 3.8) is 0 Å². The molecule has 2 nitrogen and oxygen atoms in total. The third-order valence-electron chi connectivity index (χ3n) is 3.04. The number of ether oxygens (including phenoxy) is 1. The van der Waals surface area contributed by atoms with Gasteiger partial charge in [-0.05, 0) is 53.5 Å². The van der Waals surface area contributed by atoms with Gasteiger partial charge in [-0.3, -0.25) is 0 Å². The van der Waals surface area contributed by atoms with Crippen molar-refractivity contribution in [1.29, 1.82) is 0 Å². The maximum atomic E-state index is 5.77. The lowest BCUT2D eigenvalue weighted by Crippen LogP contribution is -2.32. The Morgan fingerprint density at radius 1 is 1.35 bits per heavy atom. The first-order valence-electron chi connectivity index (χ1n) is 6.80. The minimum atomic E-state index is 0.111. The highest BCUT2D eigenvalue weighted by Gasteiger charge is 2.18. The first-order valence-corrected chi connectivity index (χ1v) is 6.80. The molecule has 0 amide bonds. The highest BCUT2D eigenvalue weighted by molar-refractivity contribution is 5.08. The van der Waals surface area contributed by atoms with Crippen LogP contribution in [-0.4, -0.2) is 25.8 Å². The molecule has 1 fully saturated rings. The van der Waals surface area contributed by atoms with E-state index in [-0.39, 0.29) is 5.41 Å². The number of hydrogen-bond acceptors (Lipinski definition) is 2. The zero-order chi connectivity index (χ0) is 12.7. The van der Waals surface area contributed by atoms with Gasteiger partial charge in [-0.1, -0.05) is 5.92 Å². The lowest BCUT2D eigenvalue weighted by molar-refractivity contribution is 0.00595. The number of nitrogens with one attached hydrogen (secondary N) is 1. The summed E-state index contributed by atoms with van der Waals surface area (Å²) in [5, 5.41) is 3.35. The molecule has 0 aliphatic carbocycles. The van der Waals surface area contributed by atoms with Crippen LogP contribution in [0.2, 0.25) is 0 Å². The molecule has 0 aromatic carbocycles. The quantitative estimate of drug-likeness (QED) is 0.759. The van der Waals surface area contributed by atoms with Gasteiger partial charge >= 0.3 is 0 Å². The van der Waals surface area contributed by atoms with E-state index in [9.17, 15) is 0 Å². The summed E-state index contributed by atoms with van der Waals surface area (Å²) in [7, 11) is 2.02. The molecule has 0 aromatic heterocycles. The second kappa shape index (κ2) is 7.03. The SMILES string of the molecule is CNC(CC#CC(C)(C)C)CC1CCCCO1. The molecular formula is C15H27NO. The molecule has 1 aliphatic heterocycles. The maximum Gasteiger partial charge on any atom is 0.0590 e. The predicted molar refractivity (Wildman–Crippen MR) is 72.9 cm³/mol. The summed E-state index contributed by atoms with van der Waals surface area (Å²) < 4.78 is 5.77. The largest absolute Gasteiger partial charge is 0.378 e.